The van der Waals surface area contributed by atoms with E-state index in [0.717, 1.165) is 60.1 Å². The van der Waals surface area contributed by atoms with Crippen LogP contribution >= 0.6 is 0 Å². The molecule has 5 rings (SSSR count). The van der Waals surface area contributed by atoms with E-state index in [-0.39, 0.29) is 11.8 Å². The maximum Gasteiger partial charge on any atom is 0.271 e. The van der Waals surface area contributed by atoms with Crippen LogP contribution in [0.4, 0.5) is 0 Å². The number of aromatic nitrogens is 1. The molecule has 3 atom stereocenters. The quantitative estimate of drug-likeness (QED) is 0.446. The molecule has 2 aliphatic heterocycles. The first-order valence-corrected chi connectivity index (χ1v) is 13.8. The molecule has 3 aromatic rings. The minimum atomic E-state index is -1.03. The Kier molecular flexibility index (Phi) is 7.48. The number of hydrogen-bond acceptors (Lipinski definition) is 4. The van der Waals surface area contributed by atoms with Crippen molar-refractivity contribution in [2.24, 2.45) is 11.8 Å². The monoisotopic (exact) mass is 516 g/mol. The first kappa shape index (κ1) is 26.3. The maximum absolute atomic E-state index is 13.9. The molecule has 0 spiro atoms. The van der Waals surface area contributed by atoms with Gasteiger partial charge in [0.2, 0.25) is 5.91 Å². The highest BCUT2D eigenvalue weighted by Crippen LogP contribution is 2.33. The Morgan fingerprint density at radius 2 is 1.79 bits per heavy atom. The van der Waals surface area contributed by atoms with E-state index in [9.17, 15) is 9.59 Å². The third kappa shape index (κ3) is 5.17. The summed E-state index contributed by atoms with van der Waals surface area (Å²) in [5.74, 6) is 1.97. The summed E-state index contributed by atoms with van der Waals surface area (Å²) in [7, 11) is 1.63. The average Bonchev–Trinajstić information content (AvgIpc) is 3.27. The molecule has 7 heteroatoms. The molecule has 0 unspecified atom stereocenters. The molecule has 7 nitrogen and oxygen atoms in total. The van der Waals surface area contributed by atoms with Gasteiger partial charge in [-0.25, -0.2) is 0 Å². The predicted molar refractivity (Wildman–Crippen MR) is 150 cm³/mol. The number of nitrogens with zero attached hydrogens (tertiary/aromatic N) is 3. The molecule has 38 heavy (non-hydrogen) atoms. The van der Waals surface area contributed by atoms with Gasteiger partial charge in [-0.2, -0.15) is 0 Å². The van der Waals surface area contributed by atoms with Crippen LogP contribution in [0.5, 0.6) is 5.75 Å². The number of piperidine rings is 1. The van der Waals surface area contributed by atoms with Crippen LogP contribution in [0.3, 0.4) is 0 Å². The van der Waals surface area contributed by atoms with Crippen molar-refractivity contribution in [2.75, 3.05) is 33.3 Å². The fraction of sp³-hybridized carbons (Fsp3) is 0.484. The molecule has 1 N–H and O–H groups in total. The van der Waals surface area contributed by atoms with Crippen molar-refractivity contribution >= 4 is 22.7 Å². The van der Waals surface area contributed by atoms with Crippen molar-refractivity contribution in [2.45, 2.75) is 52.2 Å². The molecule has 3 heterocycles. The Labute approximate surface area is 225 Å². The molecule has 0 saturated carbocycles. The van der Waals surface area contributed by atoms with Crippen LogP contribution < -0.4 is 10.1 Å². The van der Waals surface area contributed by atoms with Gasteiger partial charge in [0.25, 0.3) is 5.91 Å². The number of nitrogens with one attached hydrogen (secondary N) is 1. The van der Waals surface area contributed by atoms with Crippen LogP contribution in [-0.4, -0.2) is 65.0 Å². The first-order valence-electron chi connectivity index (χ1n) is 13.8. The van der Waals surface area contributed by atoms with Crippen LogP contribution in [0.15, 0.2) is 54.6 Å². The van der Waals surface area contributed by atoms with Crippen molar-refractivity contribution in [1.29, 1.82) is 0 Å². The summed E-state index contributed by atoms with van der Waals surface area (Å²) in [5.41, 5.74) is 1.53. The number of benzene rings is 2. The number of fused-ring (bicyclic) bond motifs is 3. The van der Waals surface area contributed by atoms with E-state index < -0.39 is 5.54 Å². The van der Waals surface area contributed by atoms with E-state index in [1.807, 2.05) is 66.1 Å². The molecule has 1 aromatic heterocycles. The lowest BCUT2D eigenvalue weighted by Crippen LogP contribution is -2.63. The van der Waals surface area contributed by atoms with E-state index in [2.05, 4.69) is 24.1 Å². The SMILES string of the molecule is COc1ccc(CN2C(=O)c3cc4ccccc4n3C[C@]2(C)C(=O)NCCCN2C[C@H](C)C[C@@H](C)C2)cc1. The zero-order valence-electron chi connectivity index (χ0n) is 23.1. The van der Waals surface area contributed by atoms with Gasteiger partial charge in [0, 0.05) is 37.1 Å². The Morgan fingerprint density at radius 1 is 1.08 bits per heavy atom. The minimum absolute atomic E-state index is 0.108. The Hall–Kier alpha value is -3.32. The summed E-state index contributed by atoms with van der Waals surface area (Å²) in [4.78, 5) is 32.0. The molecule has 2 amide bonds. The fourth-order valence-corrected chi connectivity index (χ4v) is 6.34. The smallest absolute Gasteiger partial charge is 0.271 e. The van der Waals surface area contributed by atoms with Crippen LogP contribution in [-0.2, 0) is 17.9 Å². The normalized spacial score (nSPS) is 23.9. The number of methoxy groups -OCH3 is 1. The lowest BCUT2D eigenvalue weighted by Gasteiger charge is -2.44. The van der Waals surface area contributed by atoms with E-state index in [0.29, 0.717) is 25.3 Å². The Bertz CT molecular complexity index is 1290. The molecule has 2 aliphatic rings. The van der Waals surface area contributed by atoms with E-state index in [4.69, 9.17) is 4.74 Å². The van der Waals surface area contributed by atoms with Crippen molar-refractivity contribution in [1.82, 2.24) is 19.7 Å². The van der Waals surface area contributed by atoms with Gasteiger partial charge in [-0.1, -0.05) is 44.2 Å². The largest absolute Gasteiger partial charge is 0.497 e. The highest BCUT2D eigenvalue weighted by Gasteiger charge is 2.47. The second-order valence-electron chi connectivity index (χ2n) is 11.5. The van der Waals surface area contributed by atoms with Gasteiger partial charge >= 0.3 is 0 Å². The predicted octanol–water partition coefficient (Wildman–Crippen LogP) is 4.55. The minimum Gasteiger partial charge on any atom is -0.497 e. The summed E-state index contributed by atoms with van der Waals surface area (Å²) >= 11 is 0. The van der Waals surface area contributed by atoms with Crippen LogP contribution in [0.25, 0.3) is 10.9 Å². The van der Waals surface area contributed by atoms with Crippen LogP contribution in [0.1, 0.15) is 49.7 Å². The van der Waals surface area contributed by atoms with Gasteiger partial charge in [0.05, 0.1) is 13.7 Å². The number of rotatable bonds is 8. The lowest BCUT2D eigenvalue weighted by atomic mass is 9.92. The summed E-state index contributed by atoms with van der Waals surface area (Å²) in [6, 6.07) is 17.6. The summed E-state index contributed by atoms with van der Waals surface area (Å²) in [6.45, 7) is 11.1. The molecule has 1 saturated heterocycles. The second-order valence-corrected chi connectivity index (χ2v) is 11.5. The van der Waals surface area contributed by atoms with Crippen molar-refractivity contribution in [3.05, 3.63) is 65.9 Å². The Morgan fingerprint density at radius 3 is 2.50 bits per heavy atom. The number of amides is 2. The van der Waals surface area contributed by atoms with Crippen molar-refractivity contribution in [3.63, 3.8) is 0 Å². The molecule has 202 valence electrons. The van der Waals surface area contributed by atoms with Gasteiger partial charge in [-0.15, -0.1) is 0 Å². The molecular weight excluding hydrogens is 476 g/mol. The number of ether oxygens (including phenoxy) is 1. The third-order valence-electron chi connectivity index (χ3n) is 8.21. The maximum atomic E-state index is 13.9. The molecule has 0 radical (unpaired) electrons. The molecule has 1 fully saturated rings. The summed E-state index contributed by atoms with van der Waals surface area (Å²) < 4.78 is 7.31. The number of hydrogen-bond donors (Lipinski definition) is 1. The van der Waals surface area contributed by atoms with Gasteiger partial charge < -0.3 is 24.4 Å². The van der Waals surface area contributed by atoms with Crippen molar-refractivity contribution < 1.29 is 14.3 Å². The number of carbonyl (C=O) groups is 2. The van der Waals surface area contributed by atoms with E-state index in [1.54, 1.807) is 12.0 Å². The fourth-order valence-electron chi connectivity index (χ4n) is 6.34. The average molecular weight is 517 g/mol. The van der Waals surface area contributed by atoms with Gasteiger partial charge in [0.1, 0.15) is 17.0 Å². The van der Waals surface area contributed by atoms with Gasteiger partial charge in [-0.3, -0.25) is 9.59 Å². The van der Waals surface area contributed by atoms with Gasteiger partial charge in [0.15, 0.2) is 0 Å². The lowest BCUT2D eigenvalue weighted by molar-refractivity contribution is -0.133. The zero-order chi connectivity index (χ0) is 26.9. The van der Waals surface area contributed by atoms with Crippen LogP contribution in [0.2, 0.25) is 0 Å². The summed E-state index contributed by atoms with van der Waals surface area (Å²) in [5, 5.41) is 4.20. The third-order valence-corrected chi connectivity index (χ3v) is 8.21. The highest BCUT2D eigenvalue weighted by molar-refractivity contribution is 6.03. The van der Waals surface area contributed by atoms with Crippen molar-refractivity contribution in [3.8, 4) is 5.75 Å². The number of likely N-dealkylation sites (tertiary alicyclic amines) is 1. The number of carbonyl (C=O) groups excluding carboxylic acids is 2. The highest BCUT2D eigenvalue weighted by atomic mass is 16.5. The topological polar surface area (TPSA) is 66.8 Å². The molecule has 2 aromatic carbocycles. The molecule has 0 bridgehead atoms. The second kappa shape index (κ2) is 10.8. The van der Waals surface area contributed by atoms with E-state index >= 15 is 0 Å². The first-order chi connectivity index (χ1) is 18.3. The zero-order valence-corrected chi connectivity index (χ0v) is 23.1. The van der Waals surface area contributed by atoms with E-state index in [1.165, 1.54) is 6.42 Å². The Balaban J connectivity index is 1.35. The van der Waals surface area contributed by atoms with Crippen LogP contribution in [0, 0.1) is 11.8 Å². The molecular formula is C31H40N4O3. The standard InChI is InChI=1S/C31H40N4O3/c1-22-16-23(2)19-33(18-22)15-7-14-32-30(37)31(3)21-34-27-9-6-5-8-25(27)17-28(34)29(36)35(31)20-24-10-12-26(38-4)13-11-24/h5-6,8-13,17,22-23H,7,14-16,18-21H2,1-4H3,(H,32,37)/t22-,23-,31-/m1/s1. The molecule has 0 aliphatic carbocycles. The number of para-hydroxylation sites is 1. The summed E-state index contributed by atoms with van der Waals surface area (Å²) in [6.07, 6.45) is 2.19. The van der Waals surface area contributed by atoms with Gasteiger partial charge in [-0.05, 0) is 68.0 Å².